The lowest BCUT2D eigenvalue weighted by Gasteiger charge is -2.14. The predicted octanol–water partition coefficient (Wildman–Crippen LogP) is 4.20. The van der Waals surface area contributed by atoms with Crippen molar-refractivity contribution in [1.29, 1.82) is 0 Å². The Bertz CT molecular complexity index is 886. The fourth-order valence-corrected chi connectivity index (χ4v) is 3.80. The number of rotatable bonds is 7. The van der Waals surface area contributed by atoms with Crippen LogP contribution in [0.3, 0.4) is 0 Å². The Kier molecular flexibility index (Phi) is 6.75. The largest absolute Gasteiger partial charge is 0.319 e. The molecule has 2 N–H and O–H groups in total. The normalized spacial score (nSPS) is 12.6. The van der Waals surface area contributed by atoms with Crippen LogP contribution in [0, 0.1) is 5.82 Å². The third kappa shape index (κ3) is 5.27. The summed E-state index contributed by atoms with van der Waals surface area (Å²) in [5.74, 6) is -1.36. The van der Waals surface area contributed by atoms with Crippen LogP contribution in [0.5, 0.6) is 0 Å². The molecular weight excluding hydrogens is 379 g/mol. The molecule has 0 aliphatic carbocycles. The maximum Gasteiger partial charge on any atom is 0.255 e. The first-order chi connectivity index (χ1) is 12.2. The van der Waals surface area contributed by atoms with Gasteiger partial charge in [-0.3, -0.25) is 4.79 Å². The molecule has 0 heterocycles. The summed E-state index contributed by atoms with van der Waals surface area (Å²) in [6.07, 6.45) is 1.50. The van der Waals surface area contributed by atoms with Gasteiger partial charge < -0.3 is 5.32 Å². The number of carbonyl (C=O) groups excluding carboxylic acids is 1. The number of sulfonamides is 1. The number of hydrogen-bond acceptors (Lipinski definition) is 3. The number of hydrogen-bond donors (Lipinski definition) is 2. The van der Waals surface area contributed by atoms with Crippen molar-refractivity contribution >= 4 is 33.2 Å². The molecule has 5 nitrogen and oxygen atoms in total. The maximum absolute atomic E-state index is 14.3. The molecule has 0 fully saturated rings. The Morgan fingerprint density at radius 3 is 2.42 bits per heavy atom. The van der Waals surface area contributed by atoms with E-state index in [-0.39, 0.29) is 16.6 Å². The van der Waals surface area contributed by atoms with Crippen molar-refractivity contribution in [1.82, 2.24) is 4.72 Å². The van der Waals surface area contributed by atoms with E-state index in [9.17, 15) is 17.6 Å². The highest BCUT2D eigenvalue weighted by molar-refractivity contribution is 7.89. The van der Waals surface area contributed by atoms with Gasteiger partial charge in [0.15, 0.2) is 0 Å². The van der Waals surface area contributed by atoms with Crippen molar-refractivity contribution in [2.45, 2.75) is 37.6 Å². The topological polar surface area (TPSA) is 75.3 Å². The monoisotopic (exact) mass is 398 g/mol. The van der Waals surface area contributed by atoms with Crippen LogP contribution in [0.1, 0.15) is 37.0 Å². The van der Waals surface area contributed by atoms with E-state index in [4.69, 9.17) is 11.6 Å². The summed E-state index contributed by atoms with van der Waals surface area (Å²) in [5.41, 5.74) is 0.200. The van der Waals surface area contributed by atoms with Crippen molar-refractivity contribution in [3.63, 3.8) is 0 Å². The lowest BCUT2D eigenvalue weighted by molar-refractivity contribution is 0.102. The number of benzene rings is 2. The minimum absolute atomic E-state index is 0.106. The molecule has 2 aromatic rings. The summed E-state index contributed by atoms with van der Waals surface area (Å²) in [4.78, 5) is 11.9. The van der Waals surface area contributed by atoms with Gasteiger partial charge in [0.25, 0.3) is 5.91 Å². The second kappa shape index (κ2) is 8.62. The first-order valence-electron chi connectivity index (χ1n) is 8.11. The SMILES string of the molecule is CCC[C@@H](C)NS(=O)(=O)c1ccc(NC(=O)c2ccc(Cl)cc2)c(F)c1. The van der Waals surface area contributed by atoms with Gasteiger partial charge in [-0.15, -0.1) is 0 Å². The molecule has 0 spiro atoms. The van der Waals surface area contributed by atoms with Gasteiger partial charge in [0, 0.05) is 16.6 Å². The molecule has 0 unspecified atom stereocenters. The molecule has 26 heavy (non-hydrogen) atoms. The van der Waals surface area contributed by atoms with Gasteiger partial charge in [-0.2, -0.15) is 0 Å². The third-order valence-corrected chi connectivity index (χ3v) is 5.52. The second-order valence-corrected chi connectivity index (χ2v) is 8.06. The molecule has 0 radical (unpaired) electrons. The molecule has 1 amide bonds. The average Bonchev–Trinajstić information content (AvgIpc) is 2.56. The highest BCUT2D eigenvalue weighted by Gasteiger charge is 2.19. The zero-order valence-corrected chi connectivity index (χ0v) is 16.0. The van der Waals surface area contributed by atoms with E-state index in [0.29, 0.717) is 17.0 Å². The number of carbonyl (C=O) groups is 1. The number of nitrogens with one attached hydrogen (secondary N) is 2. The lowest BCUT2D eigenvalue weighted by Crippen LogP contribution is -2.32. The molecule has 8 heteroatoms. The molecule has 0 aromatic heterocycles. The van der Waals surface area contributed by atoms with Crippen LogP contribution in [0.15, 0.2) is 47.4 Å². The predicted molar refractivity (Wildman–Crippen MR) is 100 cm³/mol. The Balaban J connectivity index is 2.16. The summed E-state index contributed by atoms with van der Waals surface area (Å²) in [6.45, 7) is 3.70. The van der Waals surface area contributed by atoms with E-state index in [2.05, 4.69) is 10.0 Å². The zero-order valence-electron chi connectivity index (χ0n) is 14.4. The molecule has 0 aliphatic heterocycles. The van der Waals surface area contributed by atoms with E-state index < -0.39 is 21.7 Å². The van der Waals surface area contributed by atoms with Crippen molar-refractivity contribution in [3.8, 4) is 0 Å². The quantitative estimate of drug-likeness (QED) is 0.734. The first-order valence-corrected chi connectivity index (χ1v) is 9.98. The molecule has 0 aliphatic rings. The van der Waals surface area contributed by atoms with Crippen LogP contribution in [0.4, 0.5) is 10.1 Å². The minimum Gasteiger partial charge on any atom is -0.319 e. The standard InChI is InChI=1S/C18H20ClFN2O3S/c1-3-4-12(2)22-26(24,25)15-9-10-17(16(20)11-15)21-18(23)13-5-7-14(19)8-6-13/h5-12,22H,3-4H2,1-2H3,(H,21,23)/t12-/m1/s1. The van der Waals surface area contributed by atoms with Gasteiger partial charge in [0.1, 0.15) is 5.82 Å². The molecule has 140 valence electrons. The van der Waals surface area contributed by atoms with Crippen LogP contribution in [-0.4, -0.2) is 20.4 Å². The van der Waals surface area contributed by atoms with E-state index >= 15 is 0 Å². The van der Waals surface area contributed by atoms with E-state index in [0.717, 1.165) is 12.5 Å². The minimum atomic E-state index is -3.82. The number of amides is 1. The van der Waals surface area contributed by atoms with Gasteiger partial charge >= 0.3 is 0 Å². The van der Waals surface area contributed by atoms with E-state index in [1.807, 2.05) is 6.92 Å². The smallest absolute Gasteiger partial charge is 0.255 e. The van der Waals surface area contributed by atoms with Gasteiger partial charge in [0.2, 0.25) is 10.0 Å². The molecule has 0 bridgehead atoms. The molecule has 0 saturated heterocycles. The van der Waals surface area contributed by atoms with Crippen LogP contribution in [0.2, 0.25) is 5.02 Å². The zero-order chi connectivity index (χ0) is 19.3. The fourth-order valence-electron chi connectivity index (χ4n) is 2.38. The van der Waals surface area contributed by atoms with E-state index in [1.54, 1.807) is 19.1 Å². The van der Waals surface area contributed by atoms with Crippen LogP contribution in [0.25, 0.3) is 0 Å². The van der Waals surface area contributed by atoms with Crippen molar-refractivity contribution < 1.29 is 17.6 Å². The van der Waals surface area contributed by atoms with Crippen molar-refractivity contribution in [3.05, 3.63) is 58.9 Å². The summed E-state index contributed by atoms with van der Waals surface area (Å²) >= 11 is 5.76. The molecule has 1 atom stereocenters. The summed E-state index contributed by atoms with van der Waals surface area (Å²) < 4.78 is 41.3. The van der Waals surface area contributed by atoms with Gasteiger partial charge in [-0.05, 0) is 55.8 Å². The lowest BCUT2D eigenvalue weighted by atomic mass is 10.2. The Labute approximate surface area is 157 Å². The van der Waals surface area contributed by atoms with Crippen molar-refractivity contribution in [2.75, 3.05) is 5.32 Å². The van der Waals surface area contributed by atoms with Crippen LogP contribution in [-0.2, 0) is 10.0 Å². The average molecular weight is 399 g/mol. The van der Waals surface area contributed by atoms with Crippen LogP contribution >= 0.6 is 11.6 Å². The van der Waals surface area contributed by atoms with Crippen molar-refractivity contribution in [2.24, 2.45) is 0 Å². The maximum atomic E-state index is 14.3. The van der Waals surface area contributed by atoms with E-state index in [1.165, 1.54) is 24.3 Å². The second-order valence-electron chi connectivity index (χ2n) is 5.91. The number of anilines is 1. The van der Waals surface area contributed by atoms with Gasteiger partial charge in [0.05, 0.1) is 10.6 Å². The Morgan fingerprint density at radius 2 is 1.85 bits per heavy atom. The number of halogens is 2. The fraction of sp³-hybridized carbons (Fsp3) is 0.278. The Hall–Kier alpha value is -1.96. The molecule has 0 saturated carbocycles. The first kappa shape index (κ1) is 20.4. The molecular formula is C18H20ClFN2O3S. The molecule has 2 aromatic carbocycles. The summed E-state index contributed by atoms with van der Waals surface area (Å²) in [5, 5.41) is 2.89. The van der Waals surface area contributed by atoms with Gasteiger partial charge in [-0.1, -0.05) is 24.9 Å². The summed E-state index contributed by atoms with van der Waals surface area (Å²) in [6, 6.07) is 9.22. The summed E-state index contributed by atoms with van der Waals surface area (Å²) in [7, 11) is -3.82. The van der Waals surface area contributed by atoms with Gasteiger partial charge in [-0.25, -0.2) is 17.5 Å². The third-order valence-electron chi connectivity index (χ3n) is 3.68. The highest BCUT2D eigenvalue weighted by atomic mass is 35.5. The molecule has 2 rings (SSSR count). The Morgan fingerprint density at radius 1 is 1.19 bits per heavy atom. The van der Waals surface area contributed by atoms with Crippen LogP contribution < -0.4 is 10.0 Å². The highest BCUT2D eigenvalue weighted by Crippen LogP contribution is 2.20.